The largest absolute Gasteiger partial charge is 0.301 e. The van der Waals surface area contributed by atoms with Gasteiger partial charge in [-0.05, 0) is 44.3 Å². The Morgan fingerprint density at radius 1 is 1.50 bits per heavy atom. The lowest BCUT2D eigenvalue weighted by molar-refractivity contribution is 0.388. The van der Waals surface area contributed by atoms with E-state index in [0.717, 1.165) is 10.7 Å². The predicted octanol–water partition coefficient (Wildman–Crippen LogP) is 3.82. The third-order valence-electron chi connectivity index (χ3n) is 3.56. The molecule has 2 unspecified atom stereocenters. The van der Waals surface area contributed by atoms with Gasteiger partial charge in [0.05, 0.1) is 0 Å². The molecular formula is C12H21N3S. The van der Waals surface area contributed by atoms with E-state index >= 15 is 0 Å². The van der Waals surface area contributed by atoms with Crippen LogP contribution in [0.2, 0.25) is 0 Å². The monoisotopic (exact) mass is 239 g/mol. The minimum atomic E-state index is 0.469. The zero-order chi connectivity index (χ0) is 11.7. The molecule has 90 valence electrons. The van der Waals surface area contributed by atoms with Gasteiger partial charge in [-0.15, -0.1) is 0 Å². The van der Waals surface area contributed by atoms with E-state index in [-0.39, 0.29) is 0 Å². The van der Waals surface area contributed by atoms with Crippen LogP contribution in [0, 0.1) is 10.7 Å². The lowest BCUT2D eigenvalue weighted by atomic mass is 10.0. The molecule has 16 heavy (non-hydrogen) atoms. The second-order valence-corrected chi connectivity index (χ2v) is 5.52. The summed E-state index contributed by atoms with van der Waals surface area (Å²) < 4.78 is 3.02. The molecule has 1 saturated carbocycles. The summed E-state index contributed by atoms with van der Waals surface area (Å²) in [5.41, 5.74) is 0. The van der Waals surface area contributed by atoms with E-state index in [1.54, 1.807) is 0 Å². The van der Waals surface area contributed by atoms with Crippen LogP contribution < -0.4 is 0 Å². The summed E-state index contributed by atoms with van der Waals surface area (Å²) in [6, 6.07) is 0.469. The first-order valence-electron chi connectivity index (χ1n) is 6.30. The molecule has 0 aromatic carbocycles. The highest BCUT2D eigenvalue weighted by molar-refractivity contribution is 7.71. The van der Waals surface area contributed by atoms with E-state index in [2.05, 4.69) is 35.5 Å². The molecule has 2 atom stereocenters. The Morgan fingerprint density at radius 3 is 2.75 bits per heavy atom. The van der Waals surface area contributed by atoms with Crippen LogP contribution in [0.15, 0.2) is 0 Å². The van der Waals surface area contributed by atoms with Gasteiger partial charge in [0.2, 0.25) is 0 Å². The molecule has 0 bridgehead atoms. The first-order valence-corrected chi connectivity index (χ1v) is 6.71. The lowest BCUT2D eigenvalue weighted by Gasteiger charge is -2.18. The smallest absolute Gasteiger partial charge is 0.195 e. The van der Waals surface area contributed by atoms with Gasteiger partial charge in [0.1, 0.15) is 5.82 Å². The average molecular weight is 239 g/mol. The number of nitrogens with zero attached hydrogens (tertiary/aromatic N) is 2. The summed E-state index contributed by atoms with van der Waals surface area (Å²) in [6.45, 7) is 6.80. The van der Waals surface area contributed by atoms with Gasteiger partial charge in [-0.2, -0.15) is 5.10 Å². The van der Waals surface area contributed by atoms with Crippen molar-refractivity contribution in [3.8, 4) is 0 Å². The summed E-state index contributed by atoms with van der Waals surface area (Å²) in [5, 5.41) is 7.32. The van der Waals surface area contributed by atoms with Crippen molar-refractivity contribution >= 4 is 12.2 Å². The van der Waals surface area contributed by atoms with Gasteiger partial charge in [-0.25, -0.2) is 0 Å². The van der Waals surface area contributed by atoms with Gasteiger partial charge >= 0.3 is 0 Å². The van der Waals surface area contributed by atoms with Gasteiger partial charge in [0, 0.05) is 12.0 Å². The van der Waals surface area contributed by atoms with E-state index in [0.29, 0.717) is 12.0 Å². The van der Waals surface area contributed by atoms with Crippen molar-refractivity contribution in [2.75, 3.05) is 0 Å². The van der Waals surface area contributed by atoms with Crippen molar-refractivity contribution in [3.05, 3.63) is 10.6 Å². The van der Waals surface area contributed by atoms with Crippen molar-refractivity contribution < 1.29 is 0 Å². The maximum Gasteiger partial charge on any atom is 0.195 e. The highest BCUT2D eigenvalue weighted by Gasteiger charge is 2.30. The third kappa shape index (κ3) is 2.37. The Hall–Kier alpha value is -0.640. The summed E-state index contributed by atoms with van der Waals surface area (Å²) in [7, 11) is 0. The molecule has 0 spiro atoms. The topological polar surface area (TPSA) is 33.6 Å². The fraction of sp³-hybridized carbons (Fsp3) is 0.833. The van der Waals surface area contributed by atoms with E-state index < -0.39 is 0 Å². The van der Waals surface area contributed by atoms with E-state index in [4.69, 9.17) is 12.2 Å². The Labute approximate surface area is 102 Å². The zero-order valence-corrected chi connectivity index (χ0v) is 11.2. The van der Waals surface area contributed by atoms with Crippen molar-refractivity contribution in [3.63, 3.8) is 0 Å². The van der Waals surface area contributed by atoms with Gasteiger partial charge in [-0.3, -0.25) is 5.10 Å². The molecular weight excluding hydrogens is 218 g/mol. The molecule has 1 heterocycles. The van der Waals surface area contributed by atoms with Crippen LogP contribution in [-0.4, -0.2) is 14.8 Å². The fourth-order valence-electron chi connectivity index (χ4n) is 2.23. The number of aromatic nitrogens is 3. The van der Waals surface area contributed by atoms with Gasteiger partial charge < -0.3 is 4.57 Å². The number of aromatic amines is 1. The minimum Gasteiger partial charge on any atom is -0.301 e. The van der Waals surface area contributed by atoms with Crippen LogP contribution in [0.25, 0.3) is 0 Å². The maximum absolute atomic E-state index is 5.33. The number of hydrogen-bond donors (Lipinski definition) is 1. The first-order chi connectivity index (χ1) is 7.63. The Kier molecular flexibility index (Phi) is 3.47. The fourth-order valence-corrected chi connectivity index (χ4v) is 2.55. The van der Waals surface area contributed by atoms with Gasteiger partial charge in [-0.1, -0.05) is 20.3 Å². The molecule has 1 aromatic heterocycles. The van der Waals surface area contributed by atoms with Crippen LogP contribution in [0.5, 0.6) is 0 Å². The zero-order valence-electron chi connectivity index (χ0n) is 10.4. The Balaban J connectivity index is 2.18. The molecule has 1 aliphatic carbocycles. The van der Waals surface area contributed by atoms with Crippen LogP contribution >= 0.6 is 12.2 Å². The van der Waals surface area contributed by atoms with Crippen molar-refractivity contribution in [1.82, 2.24) is 14.8 Å². The number of hydrogen-bond acceptors (Lipinski definition) is 2. The van der Waals surface area contributed by atoms with E-state index in [1.165, 1.54) is 31.5 Å². The lowest BCUT2D eigenvalue weighted by Crippen LogP contribution is -2.12. The van der Waals surface area contributed by atoms with Crippen molar-refractivity contribution in [2.24, 2.45) is 5.92 Å². The normalized spacial score (nSPS) is 19.7. The maximum atomic E-state index is 5.33. The molecule has 1 fully saturated rings. The standard InChI is InChI=1S/C12H21N3S/c1-4-8(2)7-9(3)15-11(10-5-6-10)13-14-12(15)16/h8-10H,4-7H2,1-3H3,(H,14,16). The molecule has 2 rings (SSSR count). The number of rotatable bonds is 5. The predicted molar refractivity (Wildman–Crippen MR) is 68.2 cm³/mol. The van der Waals surface area contributed by atoms with Gasteiger partial charge in [0.25, 0.3) is 0 Å². The summed E-state index contributed by atoms with van der Waals surface area (Å²) in [6.07, 6.45) is 4.96. The van der Waals surface area contributed by atoms with Crippen molar-refractivity contribution in [2.45, 2.75) is 58.4 Å². The molecule has 1 aromatic rings. The van der Waals surface area contributed by atoms with Crippen LogP contribution in [0.1, 0.15) is 64.2 Å². The third-order valence-corrected chi connectivity index (χ3v) is 3.84. The molecule has 1 N–H and O–H groups in total. The van der Waals surface area contributed by atoms with Gasteiger partial charge in [0.15, 0.2) is 4.77 Å². The molecule has 0 amide bonds. The van der Waals surface area contributed by atoms with Crippen molar-refractivity contribution in [1.29, 1.82) is 0 Å². The molecule has 0 saturated heterocycles. The highest BCUT2D eigenvalue weighted by Crippen LogP contribution is 2.40. The second-order valence-electron chi connectivity index (χ2n) is 5.13. The Bertz CT molecular complexity index is 403. The Morgan fingerprint density at radius 2 is 2.19 bits per heavy atom. The summed E-state index contributed by atoms with van der Waals surface area (Å²) >= 11 is 5.33. The van der Waals surface area contributed by atoms with E-state index in [1.807, 2.05) is 0 Å². The minimum absolute atomic E-state index is 0.469. The highest BCUT2D eigenvalue weighted by atomic mass is 32.1. The van der Waals surface area contributed by atoms with E-state index in [9.17, 15) is 0 Å². The second kappa shape index (κ2) is 4.70. The molecule has 0 aliphatic heterocycles. The SMILES string of the molecule is CCC(C)CC(C)n1c(C2CC2)n[nH]c1=S. The molecule has 3 nitrogen and oxygen atoms in total. The van der Waals surface area contributed by atoms with Crippen LogP contribution in [0.3, 0.4) is 0 Å². The van der Waals surface area contributed by atoms with Crippen LogP contribution in [0.4, 0.5) is 0 Å². The number of nitrogens with one attached hydrogen (secondary N) is 1. The summed E-state index contributed by atoms with van der Waals surface area (Å²) in [5.74, 6) is 2.59. The average Bonchev–Trinajstić information content (AvgIpc) is 3.02. The number of H-pyrrole nitrogens is 1. The molecule has 4 heteroatoms. The molecule has 0 radical (unpaired) electrons. The first kappa shape index (κ1) is 11.8. The summed E-state index contributed by atoms with van der Waals surface area (Å²) in [4.78, 5) is 0. The van der Waals surface area contributed by atoms with Crippen LogP contribution in [-0.2, 0) is 0 Å². The molecule has 1 aliphatic rings. The quantitative estimate of drug-likeness (QED) is 0.793.